The molecule has 2 unspecified atom stereocenters. The molecule has 3 rings (SSSR count). The van der Waals surface area contributed by atoms with Crippen LogP contribution >= 0.6 is 11.3 Å². The Morgan fingerprint density at radius 1 is 1.15 bits per heavy atom. The van der Waals surface area contributed by atoms with Crippen molar-refractivity contribution in [3.63, 3.8) is 0 Å². The van der Waals surface area contributed by atoms with Crippen LogP contribution in [0.1, 0.15) is 41.4 Å². The number of thiophene rings is 1. The number of hydrogen-bond acceptors (Lipinski definition) is 4. The second kappa shape index (κ2) is 6.29. The van der Waals surface area contributed by atoms with Crippen molar-refractivity contribution in [2.24, 2.45) is 10.2 Å². The van der Waals surface area contributed by atoms with E-state index in [4.69, 9.17) is 4.74 Å². The van der Waals surface area contributed by atoms with Crippen molar-refractivity contribution in [2.75, 3.05) is 6.61 Å². The summed E-state index contributed by atoms with van der Waals surface area (Å²) in [5.41, 5.74) is 2.45. The lowest BCUT2D eigenvalue weighted by molar-refractivity contribution is 0.134. The first-order valence-electron chi connectivity index (χ1n) is 6.96. The molecule has 2 heterocycles. The van der Waals surface area contributed by atoms with E-state index in [1.807, 2.05) is 6.92 Å². The van der Waals surface area contributed by atoms with E-state index in [0.29, 0.717) is 6.61 Å². The minimum atomic E-state index is 0.197. The van der Waals surface area contributed by atoms with Crippen LogP contribution in [-0.2, 0) is 11.3 Å². The maximum absolute atomic E-state index is 5.41. The summed E-state index contributed by atoms with van der Waals surface area (Å²) >= 11 is 1.76. The zero-order valence-electron chi connectivity index (χ0n) is 11.5. The van der Waals surface area contributed by atoms with Crippen molar-refractivity contribution >= 4 is 11.3 Å². The molecule has 1 aliphatic heterocycles. The zero-order chi connectivity index (χ0) is 13.8. The average molecular weight is 286 g/mol. The van der Waals surface area contributed by atoms with Crippen LogP contribution in [0.4, 0.5) is 0 Å². The van der Waals surface area contributed by atoms with Gasteiger partial charge in [0, 0.05) is 17.9 Å². The Morgan fingerprint density at radius 3 is 2.65 bits per heavy atom. The van der Waals surface area contributed by atoms with E-state index in [-0.39, 0.29) is 12.1 Å². The van der Waals surface area contributed by atoms with Crippen LogP contribution in [0.3, 0.4) is 0 Å². The fourth-order valence-corrected chi connectivity index (χ4v) is 3.15. The van der Waals surface area contributed by atoms with Gasteiger partial charge in [-0.25, -0.2) is 0 Å². The van der Waals surface area contributed by atoms with E-state index in [9.17, 15) is 0 Å². The Hall–Kier alpha value is -1.52. The maximum atomic E-state index is 5.41. The first-order chi connectivity index (χ1) is 9.86. The largest absolute Gasteiger partial charge is 0.377 e. The lowest BCUT2D eigenvalue weighted by Gasteiger charge is -2.09. The van der Waals surface area contributed by atoms with E-state index in [2.05, 4.69) is 52.0 Å². The van der Waals surface area contributed by atoms with Crippen LogP contribution in [0.15, 0.2) is 52.0 Å². The summed E-state index contributed by atoms with van der Waals surface area (Å²) in [4.78, 5) is 1.31. The molecule has 0 fully saturated rings. The van der Waals surface area contributed by atoms with Crippen LogP contribution in [0.2, 0.25) is 0 Å². The van der Waals surface area contributed by atoms with Gasteiger partial charge in [0.25, 0.3) is 0 Å². The SMILES string of the molecule is CCOCc1ccc(C2CC(c3cccs3)N=N2)cc1. The topological polar surface area (TPSA) is 34.0 Å². The van der Waals surface area contributed by atoms with Crippen molar-refractivity contribution in [1.29, 1.82) is 0 Å². The molecule has 0 N–H and O–H groups in total. The Morgan fingerprint density at radius 2 is 1.95 bits per heavy atom. The van der Waals surface area contributed by atoms with Crippen LogP contribution in [-0.4, -0.2) is 6.61 Å². The zero-order valence-corrected chi connectivity index (χ0v) is 12.3. The van der Waals surface area contributed by atoms with E-state index in [1.165, 1.54) is 16.0 Å². The van der Waals surface area contributed by atoms with Gasteiger partial charge in [0.05, 0.1) is 12.6 Å². The third-order valence-corrected chi connectivity index (χ3v) is 4.47. The molecule has 104 valence electrons. The number of nitrogens with zero attached hydrogens (tertiary/aromatic N) is 2. The summed E-state index contributed by atoms with van der Waals surface area (Å²) in [5, 5.41) is 11.0. The summed E-state index contributed by atoms with van der Waals surface area (Å²) in [6.07, 6.45) is 0.978. The molecule has 0 saturated carbocycles. The summed E-state index contributed by atoms with van der Waals surface area (Å²) < 4.78 is 5.41. The van der Waals surface area contributed by atoms with Gasteiger partial charge in [0.2, 0.25) is 0 Å². The average Bonchev–Trinajstić information content (AvgIpc) is 3.16. The van der Waals surface area contributed by atoms with Crippen LogP contribution in [0, 0.1) is 0 Å². The second-order valence-corrected chi connectivity index (χ2v) is 5.87. The molecule has 3 nitrogen and oxygen atoms in total. The monoisotopic (exact) mass is 286 g/mol. The molecule has 1 aromatic heterocycles. The molecule has 0 aliphatic carbocycles. The molecule has 4 heteroatoms. The Labute approximate surface area is 123 Å². The first kappa shape index (κ1) is 13.5. The molecule has 0 radical (unpaired) electrons. The highest BCUT2D eigenvalue weighted by molar-refractivity contribution is 7.10. The third-order valence-electron chi connectivity index (χ3n) is 3.50. The van der Waals surface area contributed by atoms with Gasteiger partial charge in [0.15, 0.2) is 0 Å². The highest BCUT2D eigenvalue weighted by atomic mass is 32.1. The van der Waals surface area contributed by atoms with Crippen LogP contribution in [0.25, 0.3) is 0 Å². The van der Waals surface area contributed by atoms with E-state index >= 15 is 0 Å². The van der Waals surface area contributed by atoms with Crippen molar-refractivity contribution in [2.45, 2.75) is 32.0 Å². The predicted octanol–water partition coefficient (Wildman–Crippen LogP) is 4.92. The Bertz CT molecular complexity index is 563. The molecule has 0 amide bonds. The van der Waals surface area contributed by atoms with Gasteiger partial charge in [-0.3, -0.25) is 0 Å². The number of rotatable bonds is 5. The quantitative estimate of drug-likeness (QED) is 0.767. The van der Waals surface area contributed by atoms with Gasteiger partial charge in [0.1, 0.15) is 6.04 Å². The fourth-order valence-electron chi connectivity index (χ4n) is 2.38. The number of ether oxygens (including phenoxy) is 1. The first-order valence-corrected chi connectivity index (χ1v) is 7.84. The molecule has 0 spiro atoms. The molecule has 1 aromatic carbocycles. The minimum absolute atomic E-state index is 0.197. The number of hydrogen-bond donors (Lipinski definition) is 0. The number of azo groups is 1. The van der Waals surface area contributed by atoms with Gasteiger partial charge in [-0.05, 0) is 29.5 Å². The van der Waals surface area contributed by atoms with Crippen LogP contribution in [0.5, 0.6) is 0 Å². The van der Waals surface area contributed by atoms with E-state index in [1.54, 1.807) is 11.3 Å². The van der Waals surface area contributed by atoms with E-state index < -0.39 is 0 Å². The van der Waals surface area contributed by atoms with Gasteiger partial charge >= 0.3 is 0 Å². The molecule has 20 heavy (non-hydrogen) atoms. The standard InChI is InChI=1S/C16H18N2OS/c1-2-19-11-12-5-7-13(8-6-12)14-10-15(18-17-14)16-4-3-9-20-16/h3-9,14-15H,2,10-11H2,1H3. The predicted molar refractivity (Wildman–Crippen MR) is 81.0 cm³/mol. The van der Waals surface area contributed by atoms with Crippen molar-refractivity contribution < 1.29 is 4.74 Å². The molecular formula is C16H18N2OS. The lowest BCUT2D eigenvalue weighted by atomic mass is 10.00. The van der Waals surface area contributed by atoms with Crippen molar-refractivity contribution in [3.05, 3.63) is 57.8 Å². The Balaban J connectivity index is 1.64. The summed E-state index contributed by atoms with van der Waals surface area (Å²) in [6.45, 7) is 3.44. The second-order valence-electron chi connectivity index (χ2n) is 4.89. The fraction of sp³-hybridized carbons (Fsp3) is 0.375. The molecule has 1 aliphatic rings. The highest BCUT2D eigenvalue weighted by Gasteiger charge is 2.25. The van der Waals surface area contributed by atoms with Gasteiger partial charge < -0.3 is 4.74 Å². The highest BCUT2D eigenvalue weighted by Crippen LogP contribution is 2.39. The molecule has 2 atom stereocenters. The molecule has 2 aromatic rings. The third kappa shape index (κ3) is 2.97. The minimum Gasteiger partial charge on any atom is -0.377 e. The Kier molecular flexibility index (Phi) is 4.23. The van der Waals surface area contributed by atoms with Gasteiger partial charge in [-0.2, -0.15) is 10.2 Å². The molecule has 0 saturated heterocycles. The van der Waals surface area contributed by atoms with Crippen molar-refractivity contribution in [1.82, 2.24) is 0 Å². The summed E-state index contributed by atoms with van der Waals surface area (Å²) in [5.74, 6) is 0. The van der Waals surface area contributed by atoms with Gasteiger partial charge in [-0.1, -0.05) is 30.3 Å². The number of benzene rings is 1. The summed E-state index contributed by atoms with van der Waals surface area (Å²) in [7, 11) is 0. The van der Waals surface area contributed by atoms with Crippen molar-refractivity contribution in [3.8, 4) is 0 Å². The van der Waals surface area contributed by atoms with Gasteiger partial charge in [-0.15, -0.1) is 11.3 Å². The van der Waals surface area contributed by atoms with Crippen LogP contribution < -0.4 is 0 Å². The lowest BCUT2D eigenvalue weighted by Crippen LogP contribution is -1.96. The summed E-state index contributed by atoms with van der Waals surface area (Å²) in [6, 6.07) is 13.2. The maximum Gasteiger partial charge on any atom is 0.107 e. The van der Waals surface area contributed by atoms with E-state index in [0.717, 1.165) is 13.0 Å². The molecular weight excluding hydrogens is 268 g/mol. The smallest absolute Gasteiger partial charge is 0.107 e. The molecule has 0 bridgehead atoms. The normalized spacial score (nSPS) is 21.4.